The number of rotatable bonds is 1. The van der Waals surface area contributed by atoms with Crippen LogP contribution >= 0.6 is 0 Å². The number of esters is 1. The molecular formula is C11H15NO2. The van der Waals surface area contributed by atoms with E-state index in [4.69, 9.17) is 4.74 Å². The second-order valence-electron chi connectivity index (χ2n) is 3.73. The monoisotopic (exact) mass is 193 g/mol. The minimum Gasteiger partial charge on any atom is -0.468 e. The van der Waals surface area contributed by atoms with E-state index in [1.165, 1.54) is 18.3 Å². The first kappa shape index (κ1) is 9.46. The maximum atomic E-state index is 11.3. The van der Waals surface area contributed by atoms with Crippen LogP contribution in [0.25, 0.3) is 0 Å². The summed E-state index contributed by atoms with van der Waals surface area (Å²) in [7, 11) is 1.44. The van der Waals surface area contributed by atoms with Crippen molar-refractivity contribution >= 4 is 5.97 Å². The summed E-state index contributed by atoms with van der Waals surface area (Å²) in [5.41, 5.74) is 2.78. The zero-order valence-corrected chi connectivity index (χ0v) is 8.38. The highest BCUT2D eigenvalue weighted by molar-refractivity contribution is 5.76. The summed E-state index contributed by atoms with van der Waals surface area (Å²) < 4.78 is 4.73. The van der Waals surface area contributed by atoms with Crippen LogP contribution in [0, 0.1) is 0 Å². The van der Waals surface area contributed by atoms with Gasteiger partial charge in [0.1, 0.15) is 6.04 Å². The van der Waals surface area contributed by atoms with Gasteiger partial charge in [0.25, 0.3) is 0 Å². The molecule has 0 aromatic rings. The summed E-state index contributed by atoms with van der Waals surface area (Å²) in [5.74, 6) is -0.147. The smallest absolute Gasteiger partial charge is 0.323 e. The van der Waals surface area contributed by atoms with Crippen LogP contribution in [0.15, 0.2) is 23.3 Å². The Balaban J connectivity index is 2.08. The molecule has 0 amide bonds. The lowest BCUT2D eigenvalue weighted by Crippen LogP contribution is -2.42. The fraction of sp³-hybridized carbons (Fsp3) is 0.545. The number of hydrogen-bond acceptors (Lipinski definition) is 3. The highest BCUT2D eigenvalue weighted by Crippen LogP contribution is 2.26. The Hall–Kier alpha value is -1.09. The van der Waals surface area contributed by atoms with Gasteiger partial charge in [-0.1, -0.05) is 17.7 Å². The lowest BCUT2D eigenvalue weighted by Gasteiger charge is -2.27. The van der Waals surface area contributed by atoms with E-state index in [0.717, 1.165) is 25.8 Å². The van der Waals surface area contributed by atoms with Crippen molar-refractivity contribution < 1.29 is 9.53 Å². The van der Waals surface area contributed by atoms with E-state index < -0.39 is 0 Å². The summed E-state index contributed by atoms with van der Waals surface area (Å²) >= 11 is 0. The van der Waals surface area contributed by atoms with Gasteiger partial charge >= 0.3 is 5.97 Å². The Morgan fingerprint density at radius 3 is 3.29 bits per heavy atom. The Kier molecular flexibility index (Phi) is 2.68. The molecule has 0 saturated carbocycles. The van der Waals surface area contributed by atoms with Crippen LogP contribution in [0.3, 0.4) is 0 Å². The van der Waals surface area contributed by atoms with Crippen molar-refractivity contribution in [2.75, 3.05) is 13.7 Å². The molecule has 2 aliphatic rings. The number of ether oxygens (including phenoxy) is 1. The van der Waals surface area contributed by atoms with Crippen LogP contribution in [0.1, 0.15) is 19.3 Å². The lowest BCUT2D eigenvalue weighted by atomic mass is 9.89. The van der Waals surface area contributed by atoms with E-state index in [9.17, 15) is 4.79 Å². The number of hydrogen-bond donors (Lipinski definition) is 1. The summed E-state index contributed by atoms with van der Waals surface area (Å²) in [6.45, 7) is 0.797. The topological polar surface area (TPSA) is 38.3 Å². The molecule has 76 valence electrons. The third kappa shape index (κ3) is 1.73. The normalized spacial score (nSPS) is 25.9. The molecule has 0 fully saturated rings. The highest BCUT2D eigenvalue weighted by Gasteiger charge is 2.25. The van der Waals surface area contributed by atoms with Gasteiger partial charge in [-0.15, -0.1) is 0 Å². The maximum Gasteiger partial charge on any atom is 0.323 e. The van der Waals surface area contributed by atoms with E-state index >= 15 is 0 Å². The number of carbonyl (C=O) groups excluding carboxylic acids is 1. The van der Waals surface area contributed by atoms with Gasteiger partial charge in [-0.05, 0) is 24.8 Å². The summed E-state index contributed by atoms with van der Waals surface area (Å²) in [6, 6.07) is -0.134. The number of allylic oxidation sites excluding steroid dienone is 1. The summed E-state index contributed by atoms with van der Waals surface area (Å²) in [4.78, 5) is 11.3. The summed E-state index contributed by atoms with van der Waals surface area (Å²) in [5, 5.41) is 3.19. The number of methoxy groups -OCH3 is 1. The zero-order valence-electron chi connectivity index (χ0n) is 8.38. The fourth-order valence-electron chi connectivity index (χ4n) is 2.04. The molecular weight excluding hydrogens is 178 g/mol. The Labute approximate surface area is 83.8 Å². The van der Waals surface area contributed by atoms with E-state index in [1.807, 2.05) is 0 Å². The Morgan fingerprint density at radius 1 is 1.64 bits per heavy atom. The SMILES string of the molecule is COC(=O)C1CC2=C(C=CCC2)CN1. The molecule has 2 rings (SSSR count). The van der Waals surface area contributed by atoms with Gasteiger partial charge in [0.05, 0.1) is 7.11 Å². The molecule has 1 heterocycles. The van der Waals surface area contributed by atoms with Crippen LogP contribution in [-0.2, 0) is 9.53 Å². The predicted octanol–water partition coefficient (Wildman–Crippen LogP) is 1.17. The third-order valence-electron chi connectivity index (χ3n) is 2.86. The molecule has 1 atom stereocenters. The van der Waals surface area contributed by atoms with E-state index in [-0.39, 0.29) is 12.0 Å². The quantitative estimate of drug-likeness (QED) is 0.635. The van der Waals surface area contributed by atoms with Gasteiger partial charge in [0, 0.05) is 6.54 Å². The molecule has 14 heavy (non-hydrogen) atoms. The first-order valence-electron chi connectivity index (χ1n) is 5.00. The van der Waals surface area contributed by atoms with Crippen LogP contribution in [0.4, 0.5) is 0 Å². The second kappa shape index (κ2) is 3.96. The van der Waals surface area contributed by atoms with Gasteiger partial charge in [0.15, 0.2) is 0 Å². The Morgan fingerprint density at radius 2 is 2.50 bits per heavy atom. The summed E-state index contributed by atoms with van der Waals surface area (Å²) in [6.07, 6.45) is 7.37. The van der Waals surface area contributed by atoms with Crippen molar-refractivity contribution in [1.82, 2.24) is 5.32 Å². The molecule has 3 nitrogen and oxygen atoms in total. The average molecular weight is 193 g/mol. The molecule has 1 N–H and O–H groups in total. The fourth-order valence-corrected chi connectivity index (χ4v) is 2.04. The standard InChI is InChI=1S/C11H15NO2/c1-14-11(13)10-6-8-4-2-3-5-9(8)7-12-10/h3,5,10,12H,2,4,6-7H2,1H3. The average Bonchev–Trinajstić information content (AvgIpc) is 2.27. The van der Waals surface area contributed by atoms with Gasteiger partial charge < -0.3 is 10.1 Å². The van der Waals surface area contributed by atoms with Crippen molar-refractivity contribution in [2.24, 2.45) is 0 Å². The van der Waals surface area contributed by atoms with Gasteiger partial charge in [-0.2, -0.15) is 0 Å². The molecule has 1 unspecified atom stereocenters. The minimum absolute atomic E-state index is 0.134. The van der Waals surface area contributed by atoms with Crippen LogP contribution in [0.5, 0.6) is 0 Å². The van der Waals surface area contributed by atoms with Crippen LogP contribution < -0.4 is 5.32 Å². The van der Waals surface area contributed by atoms with E-state index in [1.54, 1.807) is 0 Å². The molecule has 0 bridgehead atoms. The molecule has 0 saturated heterocycles. The predicted molar refractivity (Wildman–Crippen MR) is 53.8 cm³/mol. The van der Waals surface area contributed by atoms with Crippen molar-refractivity contribution in [3.05, 3.63) is 23.3 Å². The van der Waals surface area contributed by atoms with Crippen molar-refractivity contribution in [3.8, 4) is 0 Å². The van der Waals surface area contributed by atoms with Crippen LogP contribution in [0.2, 0.25) is 0 Å². The molecule has 0 spiro atoms. The van der Waals surface area contributed by atoms with Crippen molar-refractivity contribution in [2.45, 2.75) is 25.3 Å². The van der Waals surface area contributed by atoms with Gasteiger partial charge in [-0.25, -0.2) is 0 Å². The van der Waals surface area contributed by atoms with E-state index in [2.05, 4.69) is 17.5 Å². The largest absolute Gasteiger partial charge is 0.468 e. The minimum atomic E-state index is -0.147. The van der Waals surface area contributed by atoms with Gasteiger partial charge in [0.2, 0.25) is 0 Å². The molecule has 3 heteroatoms. The molecule has 0 aromatic heterocycles. The maximum absolute atomic E-state index is 11.3. The molecule has 0 radical (unpaired) electrons. The lowest BCUT2D eigenvalue weighted by molar-refractivity contribution is -0.143. The molecule has 1 aliphatic heterocycles. The number of carbonyl (C=O) groups is 1. The third-order valence-corrected chi connectivity index (χ3v) is 2.86. The van der Waals surface area contributed by atoms with Crippen LogP contribution in [-0.4, -0.2) is 25.7 Å². The second-order valence-corrected chi connectivity index (χ2v) is 3.73. The Bertz CT molecular complexity index is 304. The first-order chi connectivity index (χ1) is 6.81. The number of nitrogens with one attached hydrogen (secondary N) is 1. The highest BCUT2D eigenvalue weighted by atomic mass is 16.5. The van der Waals surface area contributed by atoms with Crippen molar-refractivity contribution in [1.29, 1.82) is 0 Å². The van der Waals surface area contributed by atoms with Gasteiger partial charge in [-0.3, -0.25) is 4.79 Å². The molecule has 1 aliphatic carbocycles. The zero-order chi connectivity index (χ0) is 9.97. The van der Waals surface area contributed by atoms with Crippen molar-refractivity contribution in [3.63, 3.8) is 0 Å². The van der Waals surface area contributed by atoms with E-state index in [0.29, 0.717) is 0 Å². The first-order valence-corrected chi connectivity index (χ1v) is 5.00. The molecule has 0 aromatic carbocycles.